The fraction of sp³-hybridized carbons (Fsp3) is 0.444. The molecule has 4 rings (SSSR count). The van der Waals surface area contributed by atoms with E-state index in [1.807, 2.05) is 17.0 Å². The number of hydrogen-bond acceptors (Lipinski definition) is 6. The molecule has 0 radical (unpaired) electrons. The largest absolute Gasteiger partial charge is 0.391 e. The Morgan fingerprint density at radius 2 is 1.92 bits per heavy atom. The summed E-state index contributed by atoms with van der Waals surface area (Å²) in [4.78, 5) is 13.0. The van der Waals surface area contributed by atoms with Gasteiger partial charge in [0.15, 0.2) is 0 Å². The molecule has 0 bridgehead atoms. The van der Waals surface area contributed by atoms with Gasteiger partial charge in [0.05, 0.1) is 25.4 Å². The van der Waals surface area contributed by atoms with Crippen molar-refractivity contribution in [2.45, 2.75) is 18.6 Å². The molecule has 0 unspecified atom stereocenters. The van der Waals surface area contributed by atoms with E-state index in [2.05, 4.69) is 14.9 Å². The summed E-state index contributed by atoms with van der Waals surface area (Å²) in [6.07, 6.45) is 1.64. The number of aliphatic hydroxyl groups is 1. The number of benzene rings is 1. The maximum atomic E-state index is 13.6. The van der Waals surface area contributed by atoms with Crippen molar-refractivity contribution in [2.24, 2.45) is 0 Å². The molecule has 0 amide bonds. The average Bonchev–Trinajstić information content (AvgIpc) is 3.04. The third kappa shape index (κ3) is 3.43. The first-order valence-electron chi connectivity index (χ1n) is 8.55. The summed E-state index contributed by atoms with van der Waals surface area (Å²) in [7, 11) is 0. The molecule has 2 aliphatic rings. The maximum Gasteiger partial charge on any atom is 0.134 e. The standard InChI is InChI=1S/C18H21FN4O2/c19-14-3-1-2-13(8-14)16-9-15(24)11-23(16)18-10-17(20-12-21-18)22-4-6-25-7-5-22/h1-3,8,10,12,15-16,24H,4-7,9,11H2/t15-,16-/m1/s1. The number of nitrogens with zero attached hydrogens (tertiary/aromatic N) is 4. The first-order chi connectivity index (χ1) is 12.2. The van der Waals surface area contributed by atoms with Crippen LogP contribution in [0.15, 0.2) is 36.7 Å². The summed E-state index contributed by atoms with van der Waals surface area (Å²) in [6, 6.07) is 8.39. The summed E-state index contributed by atoms with van der Waals surface area (Å²) in [6.45, 7) is 3.45. The molecule has 0 aliphatic carbocycles. The number of rotatable bonds is 3. The minimum atomic E-state index is -0.463. The van der Waals surface area contributed by atoms with Crippen LogP contribution in [0.3, 0.4) is 0 Å². The van der Waals surface area contributed by atoms with Crippen molar-refractivity contribution in [3.63, 3.8) is 0 Å². The second-order valence-electron chi connectivity index (χ2n) is 6.45. The molecule has 2 aliphatic heterocycles. The van der Waals surface area contributed by atoms with E-state index in [1.54, 1.807) is 12.4 Å². The lowest BCUT2D eigenvalue weighted by molar-refractivity contribution is 0.122. The molecule has 2 fully saturated rings. The highest BCUT2D eigenvalue weighted by molar-refractivity contribution is 5.53. The highest BCUT2D eigenvalue weighted by atomic mass is 19.1. The van der Waals surface area contributed by atoms with Crippen molar-refractivity contribution >= 4 is 11.6 Å². The smallest absolute Gasteiger partial charge is 0.134 e. The van der Waals surface area contributed by atoms with E-state index < -0.39 is 6.10 Å². The zero-order valence-electron chi connectivity index (χ0n) is 13.9. The highest BCUT2D eigenvalue weighted by Gasteiger charge is 2.33. The number of β-amino-alcohol motifs (C(OH)–C–C–N with tert-alkyl or cyclic N) is 1. The Morgan fingerprint density at radius 1 is 1.12 bits per heavy atom. The van der Waals surface area contributed by atoms with Gasteiger partial charge in [0.25, 0.3) is 0 Å². The molecular weight excluding hydrogens is 323 g/mol. The summed E-state index contributed by atoms with van der Waals surface area (Å²) in [5, 5.41) is 10.2. The molecule has 1 aromatic carbocycles. The van der Waals surface area contributed by atoms with E-state index in [9.17, 15) is 9.50 Å². The van der Waals surface area contributed by atoms with Gasteiger partial charge < -0.3 is 19.6 Å². The molecule has 1 aromatic heterocycles. The lowest BCUT2D eigenvalue weighted by Crippen LogP contribution is -2.37. The van der Waals surface area contributed by atoms with Gasteiger partial charge in [0.2, 0.25) is 0 Å². The number of hydrogen-bond donors (Lipinski definition) is 1. The van der Waals surface area contributed by atoms with Crippen molar-refractivity contribution < 1.29 is 14.2 Å². The molecule has 2 aromatic rings. The Hall–Kier alpha value is -2.25. The van der Waals surface area contributed by atoms with Gasteiger partial charge in [0.1, 0.15) is 23.8 Å². The van der Waals surface area contributed by atoms with Crippen LogP contribution in [0.25, 0.3) is 0 Å². The first kappa shape index (κ1) is 16.2. The summed E-state index contributed by atoms with van der Waals surface area (Å²) >= 11 is 0. The van der Waals surface area contributed by atoms with E-state index in [-0.39, 0.29) is 11.9 Å². The SMILES string of the molecule is O[C@@H]1C[C@H](c2cccc(F)c2)N(c2cc(N3CCOCC3)ncn2)C1. The van der Waals surface area contributed by atoms with E-state index >= 15 is 0 Å². The third-order valence-electron chi connectivity index (χ3n) is 4.78. The molecular formula is C18H21FN4O2. The predicted octanol–water partition coefficient (Wildman–Crippen LogP) is 1.76. The summed E-state index contributed by atoms with van der Waals surface area (Å²) in [5.41, 5.74) is 0.850. The molecule has 25 heavy (non-hydrogen) atoms. The topological polar surface area (TPSA) is 61.7 Å². The molecule has 3 heterocycles. The Balaban J connectivity index is 1.63. The van der Waals surface area contributed by atoms with Crippen molar-refractivity contribution in [3.8, 4) is 0 Å². The monoisotopic (exact) mass is 344 g/mol. The Morgan fingerprint density at radius 3 is 2.72 bits per heavy atom. The van der Waals surface area contributed by atoms with Crippen LogP contribution >= 0.6 is 0 Å². The molecule has 132 valence electrons. The van der Waals surface area contributed by atoms with E-state index in [1.165, 1.54) is 12.1 Å². The maximum absolute atomic E-state index is 13.6. The minimum absolute atomic E-state index is 0.0989. The van der Waals surface area contributed by atoms with Gasteiger partial charge in [-0.1, -0.05) is 12.1 Å². The number of anilines is 2. The highest BCUT2D eigenvalue weighted by Crippen LogP contribution is 2.36. The predicted molar refractivity (Wildman–Crippen MR) is 92.2 cm³/mol. The van der Waals surface area contributed by atoms with Crippen molar-refractivity contribution in [1.82, 2.24) is 9.97 Å². The Labute approximate surface area is 145 Å². The number of morpholine rings is 1. The van der Waals surface area contributed by atoms with Crippen LogP contribution < -0.4 is 9.80 Å². The minimum Gasteiger partial charge on any atom is -0.391 e. The van der Waals surface area contributed by atoms with Gasteiger partial charge in [-0.05, 0) is 24.1 Å². The first-order valence-corrected chi connectivity index (χ1v) is 8.55. The Bertz CT molecular complexity index is 739. The van der Waals surface area contributed by atoms with Gasteiger partial charge in [-0.25, -0.2) is 14.4 Å². The van der Waals surface area contributed by atoms with E-state index in [0.29, 0.717) is 26.2 Å². The van der Waals surface area contributed by atoms with Crippen molar-refractivity contribution in [1.29, 1.82) is 0 Å². The average molecular weight is 344 g/mol. The molecule has 0 saturated carbocycles. The fourth-order valence-electron chi connectivity index (χ4n) is 3.56. The lowest BCUT2D eigenvalue weighted by Gasteiger charge is -2.30. The van der Waals surface area contributed by atoms with Gasteiger partial charge in [-0.15, -0.1) is 0 Å². The zero-order chi connectivity index (χ0) is 17.2. The fourth-order valence-corrected chi connectivity index (χ4v) is 3.56. The number of aliphatic hydroxyl groups excluding tert-OH is 1. The van der Waals surface area contributed by atoms with E-state index in [0.717, 1.165) is 30.3 Å². The van der Waals surface area contributed by atoms with Gasteiger partial charge >= 0.3 is 0 Å². The van der Waals surface area contributed by atoms with Gasteiger partial charge in [-0.2, -0.15) is 0 Å². The molecule has 6 nitrogen and oxygen atoms in total. The molecule has 2 atom stereocenters. The van der Waals surface area contributed by atoms with Crippen LogP contribution in [0.2, 0.25) is 0 Å². The third-order valence-corrected chi connectivity index (χ3v) is 4.78. The summed E-state index contributed by atoms with van der Waals surface area (Å²) in [5.74, 6) is 1.34. The van der Waals surface area contributed by atoms with Crippen LogP contribution in [-0.2, 0) is 4.74 Å². The number of halogens is 1. The Kier molecular flexibility index (Phi) is 4.50. The van der Waals surface area contributed by atoms with Gasteiger partial charge in [0, 0.05) is 25.7 Å². The van der Waals surface area contributed by atoms with Crippen LogP contribution in [0.5, 0.6) is 0 Å². The van der Waals surface area contributed by atoms with Crippen LogP contribution in [0, 0.1) is 5.82 Å². The van der Waals surface area contributed by atoms with Crippen LogP contribution in [-0.4, -0.2) is 54.0 Å². The second-order valence-corrected chi connectivity index (χ2v) is 6.45. The molecule has 7 heteroatoms. The van der Waals surface area contributed by atoms with Crippen LogP contribution in [0.1, 0.15) is 18.0 Å². The molecule has 2 saturated heterocycles. The second kappa shape index (κ2) is 6.93. The molecule has 0 spiro atoms. The van der Waals surface area contributed by atoms with Crippen LogP contribution in [0.4, 0.5) is 16.0 Å². The van der Waals surface area contributed by atoms with E-state index in [4.69, 9.17) is 4.74 Å². The zero-order valence-corrected chi connectivity index (χ0v) is 13.9. The number of aromatic nitrogens is 2. The normalized spacial score (nSPS) is 23.9. The molecule has 1 N–H and O–H groups in total. The van der Waals surface area contributed by atoms with Crippen molar-refractivity contribution in [3.05, 3.63) is 48.0 Å². The lowest BCUT2D eigenvalue weighted by atomic mass is 10.0. The van der Waals surface area contributed by atoms with Crippen molar-refractivity contribution in [2.75, 3.05) is 42.6 Å². The van der Waals surface area contributed by atoms with Gasteiger partial charge in [-0.3, -0.25) is 0 Å². The number of ether oxygens (including phenoxy) is 1. The summed E-state index contributed by atoms with van der Waals surface area (Å²) < 4.78 is 19.0. The quantitative estimate of drug-likeness (QED) is 0.916.